The molecule has 0 aromatic rings. The molecule has 0 saturated carbocycles. The monoisotopic (exact) mass is 148 g/mol. The Morgan fingerprint density at radius 2 is 2.00 bits per heavy atom. The average molecular weight is 148 g/mol. The van der Waals surface area contributed by atoms with Gasteiger partial charge < -0.3 is 15.3 Å². The van der Waals surface area contributed by atoms with Crippen molar-refractivity contribution in [2.24, 2.45) is 0 Å². The van der Waals surface area contributed by atoms with Crippen molar-refractivity contribution in [2.45, 2.75) is 25.6 Å². The summed E-state index contributed by atoms with van der Waals surface area (Å²) < 4.78 is 0. The second-order valence-corrected chi connectivity index (χ2v) is 2.22. The van der Waals surface area contributed by atoms with E-state index in [1.807, 2.05) is 0 Å². The van der Waals surface area contributed by atoms with Crippen LogP contribution in [-0.4, -0.2) is 39.9 Å². The van der Waals surface area contributed by atoms with Gasteiger partial charge in [0.05, 0.1) is 6.10 Å². The molecule has 0 aliphatic heterocycles. The highest BCUT2D eigenvalue weighted by Gasteiger charge is 2.15. The van der Waals surface area contributed by atoms with Crippen molar-refractivity contribution >= 4 is 5.78 Å². The molecular weight excluding hydrogens is 136 g/mol. The molecule has 0 bridgehead atoms. The van der Waals surface area contributed by atoms with Crippen LogP contribution in [0.5, 0.6) is 0 Å². The number of aliphatic hydroxyl groups is 3. The zero-order valence-electron chi connectivity index (χ0n) is 5.82. The number of carbonyl (C=O) groups is 1. The first-order chi connectivity index (χ1) is 4.57. The van der Waals surface area contributed by atoms with E-state index in [0.717, 1.165) is 0 Å². The SMILES string of the molecule is CC(O)C[C@H](O)C(=O)CO. The lowest BCUT2D eigenvalue weighted by molar-refractivity contribution is -0.131. The molecule has 0 radical (unpaired) electrons. The van der Waals surface area contributed by atoms with Crippen molar-refractivity contribution in [1.82, 2.24) is 0 Å². The van der Waals surface area contributed by atoms with Crippen LogP contribution in [0.1, 0.15) is 13.3 Å². The van der Waals surface area contributed by atoms with Crippen LogP contribution in [0.25, 0.3) is 0 Å². The molecule has 0 amide bonds. The normalized spacial score (nSPS) is 16.4. The topological polar surface area (TPSA) is 77.8 Å². The van der Waals surface area contributed by atoms with Gasteiger partial charge in [-0.05, 0) is 6.92 Å². The van der Waals surface area contributed by atoms with E-state index in [1.165, 1.54) is 6.92 Å². The Labute approximate surface area is 59.1 Å². The van der Waals surface area contributed by atoms with Crippen molar-refractivity contribution in [1.29, 1.82) is 0 Å². The summed E-state index contributed by atoms with van der Waals surface area (Å²) in [6.07, 6.45) is -1.96. The summed E-state index contributed by atoms with van der Waals surface area (Å²) in [5.41, 5.74) is 0. The van der Waals surface area contributed by atoms with E-state index in [4.69, 9.17) is 15.3 Å². The molecule has 60 valence electrons. The van der Waals surface area contributed by atoms with Crippen LogP contribution in [0.2, 0.25) is 0 Å². The molecule has 4 nitrogen and oxygen atoms in total. The largest absolute Gasteiger partial charge is 0.393 e. The second-order valence-electron chi connectivity index (χ2n) is 2.22. The van der Waals surface area contributed by atoms with Crippen LogP contribution in [0, 0.1) is 0 Å². The minimum atomic E-state index is -1.23. The van der Waals surface area contributed by atoms with Gasteiger partial charge in [0.25, 0.3) is 0 Å². The standard InChI is InChI=1S/C6H12O4/c1-4(8)2-5(9)6(10)3-7/h4-5,7-9H,2-3H2,1H3/t4?,5-/m0/s1. The third kappa shape index (κ3) is 3.55. The summed E-state index contributed by atoms with van der Waals surface area (Å²) in [5.74, 6) is -0.652. The zero-order valence-corrected chi connectivity index (χ0v) is 5.82. The van der Waals surface area contributed by atoms with Gasteiger partial charge in [-0.15, -0.1) is 0 Å². The maximum Gasteiger partial charge on any atom is 0.186 e. The Kier molecular flexibility index (Phi) is 4.18. The minimum Gasteiger partial charge on any atom is -0.393 e. The van der Waals surface area contributed by atoms with E-state index in [9.17, 15) is 4.79 Å². The smallest absolute Gasteiger partial charge is 0.186 e. The number of aliphatic hydroxyl groups excluding tert-OH is 3. The maximum absolute atomic E-state index is 10.4. The third-order valence-corrected chi connectivity index (χ3v) is 1.09. The highest BCUT2D eigenvalue weighted by molar-refractivity contribution is 5.83. The van der Waals surface area contributed by atoms with Gasteiger partial charge in [-0.3, -0.25) is 4.79 Å². The van der Waals surface area contributed by atoms with Crippen LogP contribution in [0.3, 0.4) is 0 Å². The third-order valence-electron chi connectivity index (χ3n) is 1.09. The van der Waals surface area contributed by atoms with Crippen molar-refractivity contribution in [2.75, 3.05) is 6.61 Å². The molecule has 0 fully saturated rings. The molecule has 0 aliphatic rings. The van der Waals surface area contributed by atoms with E-state index >= 15 is 0 Å². The van der Waals surface area contributed by atoms with E-state index in [0.29, 0.717) is 0 Å². The molecule has 0 aromatic carbocycles. The van der Waals surface area contributed by atoms with Gasteiger partial charge in [-0.2, -0.15) is 0 Å². The van der Waals surface area contributed by atoms with Crippen molar-refractivity contribution in [3.63, 3.8) is 0 Å². The van der Waals surface area contributed by atoms with Gasteiger partial charge in [-0.25, -0.2) is 0 Å². The number of carbonyl (C=O) groups excluding carboxylic acids is 1. The average Bonchev–Trinajstić information content (AvgIpc) is 1.85. The molecule has 4 heteroatoms. The highest BCUT2D eigenvalue weighted by atomic mass is 16.3. The van der Waals surface area contributed by atoms with E-state index < -0.39 is 24.6 Å². The summed E-state index contributed by atoms with van der Waals surface area (Å²) >= 11 is 0. The number of Topliss-reactive ketones (excluding diaryl/α,β-unsaturated/α-hetero) is 1. The molecule has 0 saturated heterocycles. The minimum absolute atomic E-state index is 0.0145. The fraction of sp³-hybridized carbons (Fsp3) is 0.833. The van der Waals surface area contributed by atoms with Crippen LogP contribution in [0.4, 0.5) is 0 Å². The lowest BCUT2D eigenvalue weighted by Gasteiger charge is -2.08. The highest BCUT2D eigenvalue weighted by Crippen LogP contribution is 1.97. The van der Waals surface area contributed by atoms with Gasteiger partial charge in [0.1, 0.15) is 12.7 Å². The first-order valence-electron chi connectivity index (χ1n) is 3.07. The predicted octanol–water partition coefficient (Wildman–Crippen LogP) is -1.32. The summed E-state index contributed by atoms with van der Waals surface area (Å²) in [6, 6.07) is 0. The van der Waals surface area contributed by atoms with Gasteiger partial charge in [0.2, 0.25) is 0 Å². The zero-order chi connectivity index (χ0) is 8.15. The van der Waals surface area contributed by atoms with Crippen LogP contribution in [0.15, 0.2) is 0 Å². The summed E-state index contributed by atoms with van der Waals surface area (Å²) in [7, 11) is 0. The van der Waals surface area contributed by atoms with Crippen LogP contribution in [-0.2, 0) is 4.79 Å². The molecule has 10 heavy (non-hydrogen) atoms. The van der Waals surface area contributed by atoms with Gasteiger partial charge in [0, 0.05) is 6.42 Å². The predicted molar refractivity (Wildman–Crippen MR) is 34.4 cm³/mol. The molecular formula is C6H12O4. The Balaban J connectivity index is 3.61. The summed E-state index contributed by atoms with van der Waals surface area (Å²) in [6.45, 7) is 0.793. The molecule has 0 spiro atoms. The molecule has 0 heterocycles. The van der Waals surface area contributed by atoms with E-state index in [1.54, 1.807) is 0 Å². The van der Waals surface area contributed by atoms with Crippen LogP contribution < -0.4 is 0 Å². The molecule has 3 N–H and O–H groups in total. The van der Waals surface area contributed by atoms with Crippen molar-refractivity contribution in [3.05, 3.63) is 0 Å². The first-order valence-corrected chi connectivity index (χ1v) is 3.07. The quantitative estimate of drug-likeness (QED) is 0.462. The number of rotatable bonds is 4. The summed E-state index contributed by atoms with van der Waals surface area (Å²) in [4.78, 5) is 10.4. The van der Waals surface area contributed by atoms with Gasteiger partial charge in [0.15, 0.2) is 5.78 Å². The van der Waals surface area contributed by atoms with Crippen LogP contribution >= 0.6 is 0 Å². The molecule has 0 rings (SSSR count). The molecule has 0 aliphatic carbocycles. The van der Waals surface area contributed by atoms with E-state index in [-0.39, 0.29) is 6.42 Å². The van der Waals surface area contributed by atoms with Crippen molar-refractivity contribution in [3.8, 4) is 0 Å². The Morgan fingerprint density at radius 3 is 2.30 bits per heavy atom. The number of ketones is 1. The maximum atomic E-state index is 10.4. The fourth-order valence-corrected chi connectivity index (χ4v) is 0.560. The summed E-state index contributed by atoms with van der Waals surface area (Å²) in [5, 5.41) is 25.7. The Hall–Kier alpha value is -0.450. The fourth-order valence-electron chi connectivity index (χ4n) is 0.560. The van der Waals surface area contributed by atoms with Crippen molar-refractivity contribution < 1.29 is 20.1 Å². The first kappa shape index (κ1) is 9.55. The molecule has 0 aromatic heterocycles. The lowest BCUT2D eigenvalue weighted by atomic mass is 10.1. The Bertz CT molecular complexity index is 110. The van der Waals surface area contributed by atoms with E-state index in [2.05, 4.69) is 0 Å². The van der Waals surface area contributed by atoms with Gasteiger partial charge >= 0.3 is 0 Å². The van der Waals surface area contributed by atoms with Gasteiger partial charge in [-0.1, -0.05) is 0 Å². The number of hydrogen-bond donors (Lipinski definition) is 3. The lowest BCUT2D eigenvalue weighted by Crippen LogP contribution is -2.26. The molecule has 1 unspecified atom stereocenters. The number of hydrogen-bond acceptors (Lipinski definition) is 4. The Morgan fingerprint density at radius 1 is 1.50 bits per heavy atom. The second kappa shape index (κ2) is 4.38. The molecule has 2 atom stereocenters.